The van der Waals surface area contributed by atoms with E-state index in [0.717, 1.165) is 11.1 Å². The minimum Gasteiger partial charge on any atom is -0.489 e. The number of nitrogens with one attached hydrogen (secondary N) is 2. The molecule has 2 aromatic rings. The van der Waals surface area contributed by atoms with Gasteiger partial charge in [-0.25, -0.2) is 4.79 Å². The Morgan fingerprint density at radius 2 is 1.90 bits per heavy atom. The minimum absolute atomic E-state index is 0.226. The Balaban J connectivity index is 1.73. The van der Waals surface area contributed by atoms with Gasteiger partial charge in [-0.05, 0) is 55.4 Å². The van der Waals surface area contributed by atoms with Crippen LogP contribution in [-0.2, 0) is 13.0 Å². The monoisotopic (exact) mass is 434 g/mol. The van der Waals surface area contributed by atoms with Crippen LogP contribution in [0.25, 0.3) is 0 Å². The van der Waals surface area contributed by atoms with Crippen LogP contribution in [0.5, 0.6) is 5.75 Å². The number of hydrogen-bond acceptors (Lipinski definition) is 4. The number of amides is 2. The van der Waals surface area contributed by atoms with Gasteiger partial charge in [-0.3, -0.25) is 4.90 Å². The number of benzene rings is 2. The highest BCUT2D eigenvalue weighted by Crippen LogP contribution is 2.17. The predicted octanol–water partition coefficient (Wildman–Crippen LogP) is 4.34. The summed E-state index contributed by atoms with van der Waals surface area (Å²) in [5.41, 5.74) is 2.35. The number of hydrogen-bond donors (Lipinski definition) is 2. The first-order valence-electron chi connectivity index (χ1n) is 9.73. The number of nitriles is 1. The SMILES string of the molecule is CN(CCCNC(=O)Nc1cccc(COc2ccc(CC#N)cc2)c1)CC(F)(F)F. The number of anilines is 1. The summed E-state index contributed by atoms with van der Waals surface area (Å²) >= 11 is 0. The molecule has 0 aliphatic heterocycles. The van der Waals surface area contributed by atoms with E-state index >= 15 is 0 Å². The minimum atomic E-state index is -4.23. The molecule has 0 aliphatic rings. The van der Waals surface area contributed by atoms with E-state index in [-0.39, 0.29) is 13.1 Å². The van der Waals surface area contributed by atoms with Gasteiger partial charge in [-0.2, -0.15) is 18.4 Å². The number of nitrogens with zero attached hydrogens (tertiary/aromatic N) is 2. The first-order chi connectivity index (χ1) is 14.7. The van der Waals surface area contributed by atoms with Gasteiger partial charge in [0.25, 0.3) is 0 Å². The third-order valence-corrected chi connectivity index (χ3v) is 4.25. The Labute approximate surface area is 179 Å². The molecule has 2 amide bonds. The summed E-state index contributed by atoms with van der Waals surface area (Å²) in [5.74, 6) is 0.674. The number of urea groups is 1. The van der Waals surface area contributed by atoms with Crippen molar-refractivity contribution in [3.63, 3.8) is 0 Å². The number of rotatable bonds is 10. The van der Waals surface area contributed by atoms with E-state index in [1.165, 1.54) is 11.9 Å². The van der Waals surface area contributed by atoms with Gasteiger partial charge >= 0.3 is 12.2 Å². The fourth-order valence-corrected chi connectivity index (χ4v) is 2.81. The predicted molar refractivity (Wildman–Crippen MR) is 112 cm³/mol. The van der Waals surface area contributed by atoms with Crippen LogP contribution in [0.15, 0.2) is 48.5 Å². The first-order valence-corrected chi connectivity index (χ1v) is 9.73. The molecule has 0 aromatic heterocycles. The lowest BCUT2D eigenvalue weighted by atomic mass is 10.1. The fourth-order valence-electron chi connectivity index (χ4n) is 2.81. The molecule has 0 aliphatic carbocycles. The van der Waals surface area contributed by atoms with Crippen molar-refractivity contribution in [1.29, 1.82) is 5.26 Å². The standard InChI is InChI=1S/C22H25F3N4O2/c1-29(16-22(23,24)25)13-3-12-27-21(30)28-19-5-2-4-18(14-19)15-31-20-8-6-17(7-9-20)10-11-26/h2,4-9,14H,3,10,12-13,15-16H2,1H3,(H2,27,28,30). The summed E-state index contributed by atoms with van der Waals surface area (Å²) in [7, 11) is 1.39. The van der Waals surface area contributed by atoms with E-state index in [4.69, 9.17) is 10.00 Å². The molecule has 0 saturated heterocycles. The average Bonchev–Trinajstić information content (AvgIpc) is 2.70. The number of ether oxygens (including phenoxy) is 1. The zero-order chi connectivity index (χ0) is 22.7. The van der Waals surface area contributed by atoms with Crippen LogP contribution in [0.1, 0.15) is 17.5 Å². The maximum absolute atomic E-state index is 12.3. The van der Waals surface area contributed by atoms with Crippen LogP contribution >= 0.6 is 0 Å². The molecular formula is C22H25F3N4O2. The molecular weight excluding hydrogens is 409 g/mol. The molecule has 0 spiro atoms. The lowest BCUT2D eigenvalue weighted by Crippen LogP contribution is -2.34. The van der Waals surface area contributed by atoms with Crippen LogP contribution in [0.3, 0.4) is 0 Å². The highest BCUT2D eigenvalue weighted by Gasteiger charge is 2.28. The average molecular weight is 434 g/mol. The summed E-state index contributed by atoms with van der Waals surface area (Å²) in [6.07, 6.45) is -3.48. The van der Waals surface area contributed by atoms with Crippen molar-refractivity contribution < 1.29 is 22.7 Å². The largest absolute Gasteiger partial charge is 0.489 e. The molecule has 31 heavy (non-hydrogen) atoms. The molecule has 2 N–H and O–H groups in total. The maximum Gasteiger partial charge on any atom is 0.401 e. The number of carbonyl (C=O) groups excluding carboxylic acids is 1. The van der Waals surface area contributed by atoms with Crippen molar-refractivity contribution in [3.8, 4) is 11.8 Å². The van der Waals surface area contributed by atoms with E-state index in [1.807, 2.05) is 18.2 Å². The Morgan fingerprint density at radius 3 is 2.58 bits per heavy atom. The number of carbonyl (C=O) groups is 1. The highest BCUT2D eigenvalue weighted by molar-refractivity contribution is 5.89. The molecule has 0 unspecified atom stereocenters. The quantitative estimate of drug-likeness (QED) is 0.546. The molecule has 2 rings (SSSR count). The third kappa shape index (κ3) is 9.87. The van der Waals surface area contributed by atoms with Crippen LogP contribution in [0, 0.1) is 11.3 Å². The highest BCUT2D eigenvalue weighted by atomic mass is 19.4. The van der Waals surface area contributed by atoms with Crippen LogP contribution in [-0.4, -0.2) is 43.8 Å². The molecule has 6 nitrogen and oxygen atoms in total. The summed E-state index contributed by atoms with van der Waals surface area (Å²) in [5, 5.41) is 14.0. The Morgan fingerprint density at radius 1 is 1.16 bits per heavy atom. The van der Waals surface area contributed by atoms with E-state index in [9.17, 15) is 18.0 Å². The molecule has 9 heteroatoms. The zero-order valence-corrected chi connectivity index (χ0v) is 17.2. The maximum atomic E-state index is 12.3. The van der Waals surface area contributed by atoms with Crippen molar-refractivity contribution in [3.05, 3.63) is 59.7 Å². The van der Waals surface area contributed by atoms with E-state index in [2.05, 4.69) is 16.7 Å². The van der Waals surface area contributed by atoms with Gasteiger partial charge in [0, 0.05) is 12.2 Å². The summed E-state index contributed by atoms with van der Waals surface area (Å²) < 4.78 is 42.5. The Bertz CT molecular complexity index is 880. The van der Waals surface area contributed by atoms with Gasteiger partial charge < -0.3 is 15.4 Å². The molecule has 0 radical (unpaired) electrons. The van der Waals surface area contributed by atoms with E-state index in [1.54, 1.807) is 30.3 Å². The molecule has 0 heterocycles. The second kappa shape index (κ2) is 11.8. The van der Waals surface area contributed by atoms with Crippen LogP contribution < -0.4 is 15.4 Å². The fraction of sp³-hybridized carbons (Fsp3) is 0.364. The lowest BCUT2D eigenvalue weighted by Gasteiger charge is -2.18. The molecule has 0 saturated carbocycles. The second-order valence-electron chi connectivity index (χ2n) is 7.06. The van der Waals surface area contributed by atoms with Crippen molar-refractivity contribution in [2.45, 2.75) is 25.6 Å². The number of alkyl halides is 3. The lowest BCUT2D eigenvalue weighted by molar-refractivity contribution is -0.143. The second-order valence-corrected chi connectivity index (χ2v) is 7.06. The summed E-state index contributed by atoms with van der Waals surface area (Å²) in [6, 6.07) is 16.1. The molecule has 0 bridgehead atoms. The van der Waals surface area contributed by atoms with E-state index < -0.39 is 18.8 Å². The molecule has 0 fully saturated rings. The molecule has 166 valence electrons. The smallest absolute Gasteiger partial charge is 0.401 e. The van der Waals surface area contributed by atoms with Gasteiger partial charge in [-0.15, -0.1) is 0 Å². The zero-order valence-electron chi connectivity index (χ0n) is 17.2. The van der Waals surface area contributed by atoms with Crippen molar-refractivity contribution in [2.75, 3.05) is 32.0 Å². The van der Waals surface area contributed by atoms with Crippen molar-refractivity contribution in [2.24, 2.45) is 0 Å². The van der Waals surface area contributed by atoms with Crippen LogP contribution in [0.2, 0.25) is 0 Å². The van der Waals surface area contributed by atoms with Gasteiger partial charge in [0.05, 0.1) is 19.0 Å². The van der Waals surface area contributed by atoms with Crippen LogP contribution in [0.4, 0.5) is 23.7 Å². The topological polar surface area (TPSA) is 77.4 Å². The first kappa shape index (κ1) is 24.0. The Hall–Kier alpha value is -3.25. The van der Waals surface area contributed by atoms with Gasteiger partial charge in [0.1, 0.15) is 12.4 Å². The van der Waals surface area contributed by atoms with Gasteiger partial charge in [0.15, 0.2) is 0 Å². The van der Waals surface area contributed by atoms with E-state index in [0.29, 0.717) is 30.9 Å². The summed E-state index contributed by atoms with van der Waals surface area (Å²) in [4.78, 5) is 13.2. The third-order valence-electron chi connectivity index (χ3n) is 4.25. The molecule has 2 aromatic carbocycles. The Kier molecular flexibility index (Phi) is 9.15. The number of halogens is 3. The van der Waals surface area contributed by atoms with Crippen molar-refractivity contribution in [1.82, 2.24) is 10.2 Å². The van der Waals surface area contributed by atoms with Crippen molar-refractivity contribution >= 4 is 11.7 Å². The van der Waals surface area contributed by atoms with Gasteiger partial charge in [-0.1, -0.05) is 24.3 Å². The molecule has 0 atom stereocenters. The van der Waals surface area contributed by atoms with Gasteiger partial charge in [0.2, 0.25) is 0 Å². The normalized spacial score (nSPS) is 11.1. The summed E-state index contributed by atoms with van der Waals surface area (Å²) in [6.45, 7) is -0.179.